The van der Waals surface area contributed by atoms with E-state index in [1.807, 2.05) is 0 Å². The fraction of sp³-hybridized carbons (Fsp3) is 0. The Kier molecular flexibility index (Phi) is 2.64. The normalized spacial score (nSPS) is 10.6. The number of imidazole rings is 1. The molecular formula is C11H8N6O3. The molecule has 2 aromatic heterocycles. The average Bonchev–Trinajstić information content (AvgIpc) is 2.87. The second-order valence-corrected chi connectivity index (χ2v) is 3.84. The van der Waals surface area contributed by atoms with Gasteiger partial charge in [0.05, 0.1) is 11.3 Å². The number of nitrogens with zero attached hydrogens (tertiary/aromatic N) is 4. The van der Waals surface area contributed by atoms with Crippen LogP contribution in [0.3, 0.4) is 0 Å². The van der Waals surface area contributed by atoms with Crippen molar-refractivity contribution in [2.24, 2.45) is 0 Å². The van der Waals surface area contributed by atoms with E-state index in [1.54, 1.807) is 0 Å². The maximum absolute atomic E-state index is 10.6. The molecule has 9 heteroatoms. The number of aromatic amines is 1. The predicted molar refractivity (Wildman–Crippen MR) is 69.3 cm³/mol. The number of non-ortho nitro benzene ring substituents is 1. The van der Waals surface area contributed by atoms with E-state index in [4.69, 9.17) is 10.5 Å². The van der Waals surface area contributed by atoms with Crippen LogP contribution in [0, 0.1) is 10.1 Å². The van der Waals surface area contributed by atoms with Crippen molar-refractivity contribution >= 4 is 22.8 Å². The van der Waals surface area contributed by atoms with Crippen LogP contribution in [0.1, 0.15) is 0 Å². The summed E-state index contributed by atoms with van der Waals surface area (Å²) in [6.07, 6.45) is 1.45. The second-order valence-electron chi connectivity index (χ2n) is 3.84. The van der Waals surface area contributed by atoms with Gasteiger partial charge in [-0.25, -0.2) is 4.98 Å². The first-order valence-electron chi connectivity index (χ1n) is 5.52. The summed E-state index contributed by atoms with van der Waals surface area (Å²) in [7, 11) is 0. The Morgan fingerprint density at radius 1 is 1.25 bits per heavy atom. The highest BCUT2D eigenvalue weighted by Crippen LogP contribution is 2.27. The number of H-pyrrole nitrogens is 1. The maximum atomic E-state index is 10.6. The van der Waals surface area contributed by atoms with Gasteiger partial charge in [-0.2, -0.15) is 9.97 Å². The highest BCUT2D eigenvalue weighted by molar-refractivity contribution is 5.77. The molecule has 0 aliphatic heterocycles. The fourth-order valence-electron chi connectivity index (χ4n) is 1.64. The van der Waals surface area contributed by atoms with Gasteiger partial charge in [0.2, 0.25) is 5.95 Å². The summed E-state index contributed by atoms with van der Waals surface area (Å²) in [5.74, 6) is 0.630. The minimum Gasteiger partial charge on any atom is -0.437 e. The third-order valence-corrected chi connectivity index (χ3v) is 2.53. The second kappa shape index (κ2) is 4.46. The average molecular weight is 272 g/mol. The number of nitrogens with one attached hydrogen (secondary N) is 1. The molecular weight excluding hydrogens is 264 g/mol. The van der Waals surface area contributed by atoms with E-state index < -0.39 is 4.92 Å². The molecule has 3 aromatic rings. The molecule has 0 saturated carbocycles. The maximum Gasteiger partial charge on any atom is 0.269 e. The predicted octanol–water partition coefficient (Wildman–Crippen LogP) is 1.64. The van der Waals surface area contributed by atoms with Gasteiger partial charge in [-0.15, -0.1) is 0 Å². The summed E-state index contributed by atoms with van der Waals surface area (Å²) in [5.41, 5.74) is 6.42. The van der Waals surface area contributed by atoms with E-state index in [9.17, 15) is 10.1 Å². The molecule has 0 fully saturated rings. The molecule has 9 nitrogen and oxygen atoms in total. The number of nitro groups is 1. The van der Waals surface area contributed by atoms with Crippen LogP contribution in [-0.4, -0.2) is 24.9 Å². The van der Waals surface area contributed by atoms with E-state index in [0.29, 0.717) is 16.9 Å². The Morgan fingerprint density at radius 3 is 2.70 bits per heavy atom. The monoisotopic (exact) mass is 272 g/mol. The summed E-state index contributed by atoms with van der Waals surface area (Å²) in [5, 5.41) is 10.6. The Balaban J connectivity index is 1.96. The molecule has 0 amide bonds. The van der Waals surface area contributed by atoms with E-state index in [2.05, 4.69) is 19.9 Å². The molecule has 0 bridgehead atoms. The van der Waals surface area contributed by atoms with Crippen LogP contribution >= 0.6 is 0 Å². The van der Waals surface area contributed by atoms with E-state index in [0.717, 1.165) is 0 Å². The number of fused-ring (bicyclic) bond motifs is 1. The molecule has 20 heavy (non-hydrogen) atoms. The van der Waals surface area contributed by atoms with E-state index >= 15 is 0 Å². The molecule has 0 radical (unpaired) electrons. The lowest BCUT2D eigenvalue weighted by Gasteiger charge is -2.05. The van der Waals surface area contributed by atoms with Crippen LogP contribution < -0.4 is 10.5 Å². The molecule has 0 unspecified atom stereocenters. The summed E-state index contributed by atoms with van der Waals surface area (Å²) in [6, 6.07) is 5.62. The van der Waals surface area contributed by atoms with Crippen LogP contribution in [-0.2, 0) is 0 Å². The lowest BCUT2D eigenvalue weighted by atomic mass is 10.3. The van der Waals surface area contributed by atoms with E-state index in [-0.39, 0.29) is 17.5 Å². The van der Waals surface area contributed by atoms with Crippen LogP contribution in [0.2, 0.25) is 0 Å². The van der Waals surface area contributed by atoms with Crippen molar-refractivity contribution in [3.8, 4) is 11.6 Å². The molecule has 2 heterocycles. The third-order valence-electron chi connectivity index (χ3n) is 2.53. The van der Waals surface area contributed by atoms with Crippen molar-refractivity contribution in [1.29, 1.82) is 0 Å². The van der Waals surface area contributed by atoms with Gasteiger partial charge in [-0.05, 0) is 12.1 Å². The molecule has 3 rings (SSSR count). The van der Waals surface area contributed by atoms with Crippen molar-refractivity contribution in [2.75, 3.05) is 5.73 Å². The van der Waals surface area contributed by atoms with Crippen molar-refractivity contribution in [1.82, 2.24) is 19.9 Å². The van der Waals surface area contributed by atoms with Gasteiger partial charge in [-0.1, -0.05) is 0 Å². The Labute approximate surface area is 111 Å². The van der Waals surface area contributed by atoms with Gasteiger partial charge < -0.3 is 15.5 Å². The summed E-state index contributed by atoms with van der Waals surface area (Å²) < 4.78 is 5.54. The molecule has 100 valence electrons. The number of hydrogen-bond donors (Lipinski definition) is 2. The first-order chi connectivity index (χ1) is 9.63. The van der Waals surface area contributed by atoms with Gasteiger partial charge in [0.25, 0.3) is 11.6 Å². The largest absolute Gasteiger partial charge is 0.437 e. The van der Waals surface area contributed by atoms with Gasteiger partial charge in [-0.3, -0.25) is 10.1 Å². The van der Waals surface area contributed by atoms with Gasteiger partial charge in [0.15, 0.2) is 5.65 Å². The van der Waals surface area contributed by atoms with Crippen molar-refractivity contribution in [3.63, 3.8) is 0 Å². The van der Waals surface area contributed by atoms with Crippen molar-refractivity contribution < 1.29 is 9.66 Å². The Hall–Kier alpha value is -3.23. The number of aromatic nitrogens is 4. The number of ether oxygens (including phenoxy) is 1. The summed E-state index contributed by atoms with van der Waals surface area (Å²) in [6.45, 7) is 0. The number of rotatable bonds is 3. The molecule has 0 spiro atoms. The SMILES string of the molecule is Nc1nc(Oc2ccc([N+](=O)[O-])cc2)c2[nH]cnc2n1. The van der Waals surface area contributed by atoms with E-state index in [1.165, 1.54) is 30.6 Å². The number of benzene rings is 1. The number of nitrogen functional groups attached to an aromatic ring is 1. The van der Waals surface area contributed by atoms with Crippen LogP contribution in [0.15, 0.2) is 30.6 Å². The highest BCUT2D eigenvalue weighted by Gasteiger charge is 2.11. The lowest BCUT2D eigenvalue weighted by molar-refractivity contribution is -0.384. The summed E-state index contributed by atoms with van der Waals surface area (Å²) >= 11 is 0. The smallest absolute Gasteiger partial charge is 0.269 e. The topological polar surface area (TPSA) is 133 Å². The zero-order chi connectivity index (χ0) is 14.1. The zero-order valence-corrected chi connectivity index (χ0v) is 9.98. The molecule has 0 atom stereocenters. The minimum absolute atomic E-state index is 0.0220. The molecule has 3 N–H and O–H groups in total. The molecule has 0 aliphatic rings. The lowest BCUT2D eigenvalue weighted by Crippen LogP contribution is -1.98. The minimum atomic E-state index is -0.487. The van der Waals surface area contributed by atoms with Crippen LogP contribution in [0.5, 0.6) is 11.6 Å². The highest BCUT2D eigenvalue weighted by atomic mass is 16.6. The molecule has 1 aromatic carbocycles. The Morgan fingerprint density at radius 2 is 2.00 bits per heavy atom. The Bertz CT molecular complexity index is 782. The number of nitrogens with two attached hydrogens (primary N) is 1. The quantitative estimate of drug-likeness (QED) is 0.546. The zero-order valence-electron chi connectivity index (χ0n) is 9.98. The van der Waals surface area contributed by atoms with Crippen LogP contribution in [0.25, 0.3) is 11.2 Å². The van der Waals surface area contributed by atoms with Crippen LogP contribution in [0.4, 0.5) is 11.6 Å². The first-order valence-corrected chi connectivity index (χ1v) is 5.52. The molecule has 0 saturated heterocycles. The molecule has 0 aliphatic carbocycles. The van der Waals surface area contributed by atoms with Crippen molar-refractivity contribution in [2.45, 2.75) is 0 Å². The summed E-state index contributed by atoms with van der Waals surface area (Å²) in [4.78, 5) is 24.8. The fourth-order valence-corrected chi connectivity index (χ4v) is 1.64. The number of anilines is 1. The number of nitro benzene ring substituents is 1. The number of hydrogen-bond acceptors (Lipinski definition) is 7. The standard InChI is InChI=1S/C11H8N6O3/c12-11-15-9-8(13-5-14-9)10(16-11)20-7-3-1-6(2-4-7)17(18)19/h1-5H,(H3,12,13,14,15,16). The van der Waals surface area contributed by atoms with Gasteiger partial charge >= 0.3 is 0 Å². The van der Waals surface area contributed by atoms with Gasteiger partial charge in [0, 0.05) is 12.1 Å². The first kappa shape index (κ1) is 11.8. The van der Waals surface area contributed by atoms with Crippen molar-refractivity contribution in [3.05, 3.63) is 40.7 Å². The third kappa shape index (κ3) is 2.07. The van der Waals surface area contributed by atoms with Gasteiger partial charge in [0.1, 0.15) is 11.3 Å².